The van der Waals surface area contributed by atoms with Gasteiger partial charge in [-0.1, -0.05) is 6.07 Å². The van der Waals surface area contributed by atoms with Crippen molar-refractivity contribution >= 4 is 27.3 Å². The summed E-state index contributed by atoms with van der Waals surface area (Å²) in [5.74, 6) is -1.53. The monoisotopic (exact) mass is 290 g/mol. The van der Waals surface area contributed by atoms with E-state index in [0.29, 0.717) is 5.75 Å². The maximum Gasteiger partial charge on any atom is 0.201 e. The van der Waals surface area contributed by atoms with Crippen molar-refractivity contribution in [2.24, 2.45) is 0 Å². The molecule has 0 aliphatic carbocycles. The molecule has 0 saturated carbocycles. The number of thiophene rings is 1. The normalized spacial score (nSPS) is 10.3. The van der Waals surface area contributed by atoms with E-state index in [1.165, 1.54) is 23.5 Å². The van der Waals surface area contributed by atoms with E-state index in [9.17, 15) is 8.78 Å². The Morgan fingerprint density at radius 3 is 2.60 bits per heavy atom. The molecular formula is C10H5BrF2OS. The summed E-state index contributed by atoms with van der Waals surface area (Å²) in [6.07, 6.45) is 0. The predicted molar refractivity (Wildman–Crippen MR) is 58.5 cm³/mol. The minimum atomic E-state index is -0.976. The van der Waals surface area contributed by atoms with Crippen LogP contribution in [-0.2, 0) is 0 Å². The highest BCUT2D eigenvalue weighted by atomic mass is 79.9. The fourth-order valence-corrected chi connectivity index (χ4v) is 2.30. The molecule has 78 valence electrons. The molecular weight excluding hydrogens is 286 g/mol. The van der Waals surface area contributed by atoms with Gasteiger partial charge in [-0.2, -0.15) is 4.39 Å². The SMILES string of the molecule is Fc1cccc(Oc2cscc2Br)c1F. The van der Waals surface area contributed by atoms with Gasteiger partial charge in [0.2, 0.25) is 5.82 Å². The Balaban J connectivity index is 2.33. The summed E-state index contributed by atoms with van der Waals surface area (Å²) in [7, 11) is 0. The highest BCUT2D eigenvalue weighted by Gasteiger charge is 2.11. The van der Waals surface area contributed by atoms with Crippen LogP contribution in [0.3, 0.4) is 0 Å². The Labute approximate surface area is 97.4 Å². The molecule has 0 amide bonds. The fourth-order valence-electron chi connectivity index (χ4n) is 1.02. The van der Waals surface area contributed by atoms with Gasteiger partial charge in [0, 0.05) is 10.8 Å². The Morgan fingerprint density at radius 1 is 1.13 bits per heavy atom. The summed E-state index contributed by atoms with van der Waals surface area (Å²) < 4.78 is 32.0. The van der Waals surface area contributed by atoms with Gasteiger partial charge >= 0.3 is 0 Å². The van der Waals surface area contributed by atoms with Crippen LogP contribution in [0.1, 0.15) is 0 Å². The lowest BCUT2D eigenvalue weighted by atomic mass is 10.3. The second kappa shape index (κ2) is 4.28. The summed E-state index contributed by atoms with van der Waals surface area (Å²) in [4.78, 5) is 0. The molecule has 2 rings (SSSR count). The van der Waals surface area contributed by atoms with Crippen LogP contribution in [0.4, 0.5) is 8.78 Å². The lowest BCUT2D eigenvalue weighted by molar-refractivity contribution is 0.416. The van der Waals surface area contributed by atoms with Crippen LogP contribution in [0.15, 0.2) is 33.4 Å². The molecule has 5 heteroatoms. The summed E-state index contributed by atoms with van der Waals surface area (Å²) in [6.45, 7) is 0. The molecule has 0 fully saturated rings. The van der Waals surface area contributed by atoms with Crippen LogP contribution in [0.25, 0.3) is 0 Å². The highest BCUT2D eigenvalue weighted by molar-refractivity contribution is 9.10. The van der Waals surface area contributed by atoms with E-state index in [1.807, 2.05) is 0 Å². The van der Waals surface area contributed by atoms with E-state index >= 15 is 0 Å². The van der Waals surface area contributed by atoms with E-state index in [0.717, 1.165) is 10.5 Å². The van der Waals surface area contributed by atoms with Crippen LogP contribution in [0.2, 0.25) is 0 Å². The minimum Gasteiger partial charge on any atom is -0.452 e. The smallest absolute Gasteiger partial charge is 0.201 e. The maximum absolute atomic E-state index is 13.2. The zero-order valence-electron chi connectivity index (χ0n) is 7.34. The number of rotatable bonds is 2. The molecule has 1 aromatic carbocycles. The first-order chi connectivity index (χ1) is 7.18. The van der Waals surface area contributed by atoms with Crippen LogP contribution in [0, 0.1) is 11.6 Å². The van der Waals surface area contributed by atoms with Crippen molar-refractivity contribution < 1.29 is 13.5 Å². The molecule has 0 N–H and O–H groups in total. The van der Waals surface area contributed by atoms with Gasteiger partial charge in [-0.25, -0.2) is 4.39 Å². The van der Waals surface area contributed by atoms with Crippen molar-refractivity contribution in [1.82, 2.24) is 0 Å². The first-order valence-corrected chi connectivity index (χ1v) is 5.75. The molecule has 1 heterocycles. The average Bonchev–Trinajstić information content (AvgIpc) is 2.60. The molecule has 1 nitrogen and oxygen atoms in total. The van der Waals surface area contributed by atoms with Gasteiger partial charge in [0.05, 0.1) is 4.47 Å². The second-order valence-corrected chi connectivity index (χ2v) is 4.34. The van der Waals surface area contributed by atoms with Gasteiger partial charge in [0.15, 0.2) is 17.3 Å². The van der Waals surface area contributed by atoms with Crippen LogP contribution in [-0.4, -0.2) is 0 Å². The second-order valence-electron chi connectivity index (χ2n) is 2.74. The third kappa shape index (κ3) is 2.18. The topological polar surface area (TPSA) is 9.23 Å². The molecule has 0 spiro atoms. The molecule has 1 aromatic heterocycles. The average molecular weight is 291 g/mol. The van der Waals surface area contributed by atoms with Crippen molar-refractivity contribution in [3.05, 3.63) is 45.1 Å². The number of hydrogen-bond acceptors (Lipinski definition) is 2. The summed E-state index contributed by atoms with van der Waals surface area (Å²) in [5.41, 5.74) is 0. The lowest BCUT2D eigenvalue weighted by Gasteiger charge is -2.05. The number of benzene rings is 1. The Morgan fingerprint density at radius 2 is 1.93 bits per heavy atom. The third-order valence-electron chi connectivity index (χ3n) is 1.72. The molecule has 0 aliphatic rings. The zero-order chi connectivity index (χ0) is 10.8. The first kappa shape index (κ1) is 10.6. The Bertz CT molecular complexity index is 484. The number of ether oxygens (including phenoxy) is 1. The molecule has 0 saturated heterocycles. The van der Waals surface area contributed by atoms with Crippen molar-refractivity contribution in [2.45, 2.75) is 0 Å². The maximum atomic E-state index is 13.2. The third-order valence-corrected chi connectivity index (χ3v) is 3.36. The minimum absolute atomic E-state index is 0.117. The van der Waals surface area contributed by atoms with Crippen molar-refractivity contribution in [2.75, 3.05) is 0 Å². The van der Waals surface area contributed by atoms with Gasteiger partial charge in [-0.3, -0.25) is 0 Å². The quantitative estimate of drug-likeness (QED) is 0.787. The van der Waals surface area contributed by atoms with Gasteiger partial charge in [-0.15, -0.1) is 11.3 Å². The van der Waals surface area contributed by atoms with Crippen LogP contribution >= 0.6 is 27.3 Å². The molecule has 15 heavy (non-hydrogen) atoms. The predicted octanol–water partition coefficient (Wildman–Crippen LogP) is 4.58. The van der Waals surface area contributed by atoms with Crippen molar-refractivity contribution in [3.63, 3.8) is 0 Å². The fraction of sp³-hybridized carbons (Fsp3) is 0. The van der Waals surface area contributed by atoms with E-state index in [2.05, 4.69) is 15.9 Å². The number of halogens is 3. The van der Waals surface area contributed by atoms with Gasteiger partial charge in [0.25, 0.3) is 0 Å². The molecule has 2 aromatic rings. The standard InChI is InChI=1S/C10H5BrF2OS/c11-6-4-15-5-9(6)14-8-3-1-2-7(12)10(8)13/h1-5H. The Kier molecular flexibility index (Phi) is 3.02. The molecule has 0 unspecified atom stereocenters. The largest absolute Gasteiger partial charge is 0.452 e. The van der Waals surface area contributed by atoms with E-state index in [1.54, 1.807) is 10.8 Å². The lowest BCUT2D eigenvalue weighted by Crippen LogP contribution is -1.90. The number of hydrogen-bond donors (Lipinski definition) is 0. The summed E-state index contributed by atoms with van der Waals surface area (Å²) in [5, 5.41) is 3.50. The van der Waals surface area contributed by atoms with Crippen LogP contribution < -0.4 is 4.74 Å². The summed E-state index contributed by atoms with van der Waals surface area (Å²) >= 11 is 4.64. The summed E-state index contributed by atoms with van der Waals surface area (Å²) in [6, 6.07) is 3.82. The van der Waals surface area contributed by atoms with Gasteiger partial charge < -0.3 is 4.74 Å². The van der Waals surface area contributed by atoms with E-state index in [-0.39, 0.29) is 5.75 Å². The van der Waals surface area contributed by atoms with Crippen molar-refractivity contribution in [3.8, 4) is 11.5 Å². The molecule has 0 radical (unpaired) electrons. The molecule has 0 atom stereocenters. The van der Waals surface area contributed by atoms with E-state index in [4.69, 9.17) is 4.74 Å². The first-order valence-electron chi connectivity index (χ1n) is 4.02. The zero-order valence-corrected chi connectivity index (χ0v) is 9.74. The van der Waals surface area contributed by atoms with Gasteiger partial charge in [0.1, 0.15) is 0 Å². The van der Waals surface area contributed by atoms with E-state index < -0.39 is 11.6 Å². The van der Waals surface area contributed by atoms with Crippen molar-refractivity contribution in [1.29, 1.82) is 0 Å². The van der Waals surface area contributed by atoms with Crippen LogP contribution in [0.5, 0.6) is 11.5 Å². The molecule has 0 aliphatic heterocycles. The van der Waals surface area contributed by atoms with Gasteiger partial charge in [-0.05, 0) is 28.1 Å². The molecule has 0 bridgehead atoms. The Hall–Kier alpha value is -0.940. The highest BCUT2D eigenvalue weighted by Crippen LogP contribution is 2.34.